The highest BCUT2D eigenvalue weighted by atomic mass is 35.5. The zero-order valence-electron chi connectivity index (χ0n) is 9.62. The summed E-state index contributed by atoms with van der Waals surface area (Å²) in [6.45, 7) is 1.79. The van der Waals surface area contributed by atoms with Gasteiger partial charge in [-0.1, -0.05) is 11.6 Å². The second kappa shape index (κ2) is 5.07. The number of rotatable bonds is 3. The maximum Gasteiger partial charge on any atom is 0.244 e. The van der Waals surface area contributed by atoms with Crippen molar-refractivity contribution < 1.29 is 4.79 Å². The fourth-order valence-corrected chi connectivity index (χ4v) is 1.57. The van der Waals surface area contributed by atoms with Gasteiger partial charge in [0.15, 0.2) is 0 Å². The zero-order valence-corrected chi connectivity index (χ0v) is 10.4. The number of benzene rings is 1. The molecule has 1 aromatic rings. The minimum Gasteiger partial charge on any atom is -0.399 e. The summed E-state index contributed by atoms with van der Waals surface area (Å²) in [7, 11) is 3.43. The smallest absolute Gasteiger partial charge is 0.244 e. The van der Waals surface area contributed by atoms with Crippen molar-refractivity contribution in [1.29, 1.82) is 0 Å². The lowest BCUT2D eigenvalue weighted by Gasteiger charge is -2.19. The third-order valence-electron chi connectivity index (χ3n) is 2.18. The van der Waals surface area contributed by atoms with E-state index in [1.807, 2.05) is 0 Å². The van der Waals surface area contributed by atoms with Crippen molar-refractivity contribution >= 4 is 28.9 Å². The predicted octanol–water partition coefficient (Wildman–Crippen LogP) is 1.81. The Labute approximate surface area is 100 Å². The number of amides is 1. The number of nitrogen functional groups attached to an aromatic ring is 1. The maximum atomic E-state index is 11.6. The Morgan fingerprint density at radius 2 is 2.12 bits per heavy atom. The number of halogens is 1. The van der Waals surface area contributed by atoms with Crippen LogP contribution in [-0.2, 0) is 4.79 Å². The van der Waals surface area contributed by atoms with Crippen LogP contribution >= 0.6 is 11.6 Å². The number of carbonyl (C=O) groups is 1. The summed E-state index contributed by atoms with van der Waals surface area (Å²) in [6.07, 6.45) is 0. The van der Waals surface area contributed by atoms with Crippen molar-refractivity contribution in [1.82, 2.24) is 4.90 Å². The van der Waals surface area contributed by atoms with Gasteiger partial charge in [-0.3, -0.25) is 4.79 Å². The Balaban J connectivity index is 2.77. The van der Waals surface area contributed by atoms with Gasteiger partial charge in [-0.15, -0.1) is 0 Å². The van der Waals surface area contributed by atoms with Gasteiger partial charge in [-0.2, -0.15) is 0 Å². The van der Waals surface area contributed by atoms with E-state index < -0.39 is 0 Å². The summed E-state index contributed by atoms with van der Waals surface area (Å²) in [5.74, 6) is -0.00658. The molecule has 0 spiro atoms. The van der Waals surface area contributed by atoms with Crippen LogP contribution in [0.2, 0.25) is 5.02 Å². The number of nitrogens with two attached hydrogens (primary N) is 1. The lowest BCUT2D eigenvalue weighted by atomic mass is 10.2. The molecule has 3 N–H and O–H groups in total. The molecule has 5 heteroatoms. The highest BCUT2D eigenvalue weighted by Crippen LogP contribution is 2.24. The second-order valence-electron chi connectivity index (χ2n) is 3.84. The van der Waals surface area contributed by atoms with Crippen molar-refractivity contribution in [2.45, 2.75) is 13.0 Å². The average molecular weight is 242 g/mol. The predicted molar refractivity (Wildman–Crippen MR) is 67.6 cm³/mol. The number of nitrogens with zero attached hydrogens (tertiary/aromatic N) is 1. The first-order chi connectivity index (χ1) is 7.41. The number of hydrogen-bond acceptors (Lipinski definition) is 3. The quantitative estimate of drug-likeness (QED) is 0.794. The highest BCUT2D eigenvalue weighted by Gasteiger charge is 2.15. The molecule has 0 radical (unpaired) electrons. The number of hydrogen-bond donors (Lipinski definition) is 2. The van der Waals surface area contributed by atoms with E-state index in [4.69, 9.17) is 17.3 Å². The number of likely N-dealkylation sites (N-methyl/N-ethyl adjacent to an activating group) is 1. The first-order valence-electron chi connectivity index (χ1n) is 4.94. The van der Waals surface area contributed by atoms with Crippen LogP contribution in [0.3, 0.4) is 0 Å². The van der Waals surface area contributed by atoms with Gasteiger partial charge >= 0.3 is 0 Å². The van der Waals surface area contributed by atoms with E-state index in [0.29, 0.717) is 16.4 Å². The van der Waals surface area contributed by atoms with Crippen LogP contribution in [0.4, 0.5) is 11.4 Å². The number of anilines is 2. The maximum absolute atomic E-state index is 11.6. The minimum atomic E-state index is -0.323. The normalized spacial score (nSPS) is 12.0. The summed E-state index contributed by atoms with van der Waals surface area (Å²) in [5.41, 5.74) is 6.89. The van der Waals surface area contributed by atoms with E-state index >= 15 is 0 Å². The molecule has 0 aliphatic heterocycles. The van der Waals surface area contributed by atoms with E-state index in [1.54, 1.807) is 39.2 Å². The molecule has 0 fully saturated rings. The van der Waals surface area contributed by atoms with Crippen LogP contribution in [0.25, 0.3) is 0 Å². The largest absolute Gasteiger partial charge is 0.399 e. The molecule has 0 aliphatic rings. The Kier molecular flexibility index (Phi) is 4.01. The SMILES string of the molecule is CC(Nc1ccc(N)cc1Cl)C(=O)N(C)C. The van der Waals surface area contributed by atoms with Gasteiger partial charge in [-0.25, -0.2) is 0 Å². The molecule has 0 saturated carbocycles. The first kappa shape index (κ1) is 12.6. The molecule has 1 rings (SSSR count). The van der Waals surface area contributed by atoms with Gasteiger partial charge in [-0.05, 0) is 25.1 Å². The lowest BCUT2D eigenvalue weighted by Crippen LogP contribution is -2.36. The fourth-order valence-electron chi connectivity index (χ4n) is 1.33. The summed E-state index contributed by atoms with van der Waals surface area (Å²) in [6, 6.07) is 4.82. The van der Waals surface area contributed by atoms with Crippen molar-refractivity contribution in [3.63, 3.8) is 0 Å². The summed E-state index contributed by atoms with van der Waals surface area (Å²) in [5, 5.41) is 3.55. The average Bonchev–Trinajstić information content (AvgIpc) is 2.20. The van der Waals surface area contributed by atoms with Crippen LogP contribution in [0.15, 0.2) is 18.2 Å². The van der Waals surface area contributed by atoms with Gasteiger partial charge in [0.05, 0.1) is 10.7 Å². The Hall–Kier alpha value is -1.42. The molecule has 0 saturated heterocycles. The topological polar surface area (TPSA) is 58.4 Å². The monoisotopic (exact) mass is 241 g/mol. The third-order valence-corrected chi connectivity index (χ3v) is 2.49. The van der Waals surface area contributed by atoms with Gasteiger partial charge in [0.25, 0.3) is 0 Å². The first-order valence-corrected chi connectivity index (χ1v) is 5.32. The molecule has 1 amide bonds. The molecule has 16 heavy (non-hydrogen) atoms. The third kappa shape index (κ3) is 3.03. The highest BCUT2D eigenvalue weighted by molar-refractivity contribution is 6.33. The van der Waals surface area contributed by atoms with E-state index in [2.05, 4.69) is 5.32 Å². The fraction of sp³-hybridized carbons (Fsp3) is 0.364. The molecule has 88 valence electrons. The summed E-state index contributed by atoms with van der Waals surface area (Å²) < 4.78 is 0. The van der Waals surface area contributed by atoms with Gasteiger partial charge < -0.3 is 16.0 Å². The van der Waals surface area contributed by atoms with E-state index in [-0.39, 0.29) is 11.9 Å². The summed E-state index contributed by atoms with van der Waals surface area (Å²) in [4.78, 5) is 13.2. The molecule has 1 atom stereocenters. The molecular formula is C11H16ClN3O. The number of carbonyl (C=O) groups excluding carboxylic acids is 1. The van der Waals surface area contributed by atoms with Gasteiger partial charge in [0.2, 0.25) is 5.91 Å². The Morgan fingerprint density at radius 1 is 1.50 bits per heavy atom. The molecule has 0 aliphatic carbocycles. The van der Waals surface area contributed by atoms with Gasteiger partial charge in [0.1, 0.15) is 6.04 Å². The summed E-state index contributed by atoms with van der Waals surface area (Å²) >= 11 is 5.99. The zero-order chi connectivity index (χ0) is 12.3. The standard InChI is InChI=1S/C11H16ClN3O/c1-7(11(16)15(2)3)14-10-5-4-8(13)6-9(10)12/h4-7,14H,13H2,1-3H3. The van der Waals surface area contributed by atoms with Crippen molar-refractivity contribution in [3.8, 4) is 0 Å². The van der Waals surface area contributed by atoms with Crippen molar-refractivity contribution in [3.05, 3.63) is 23.2 Å². The molecule has 1 aromatic carbocycles. The van der Waals surface area contributed by atoms with E-state index in [0.717, 1.165) is 0 Å². The van der Waals surface area contributed by atoms with Crippen LogP contribution in [-0.4, -0.2) is 30.9 Å². The van der Waals surface area contributed by atoms with Crippen LogP contribution in [0, 0.1) is 0 Å². The minimum absolute atomic E-state index is 0.00658. The van der Waals surface area contributed by atoms with Gasteiger partial charge in [0, 0.05) is 19.8 Å². The molecule has 0 heterocycles. The molecule has 0 bridgehead atoms. The van der Waals surface area contributed by atoms with E-state index in [1.165, 1.54) is 4.90 Å². The van der Waals surface area contributed by atoms with E-state index in [9.17, 15) is 4.79 Å². The lowest BCUT2D eigenvalue weighted by molar-refractivity contribution is -0.129. The molecular weight excluding hydrogens is 226 g/mol. The van der Waals surface area contributed by atoms with Crippen molar-refractivity contribution in [2.75, 3.05) is 25.1 Å². The van der Waals surface area contributed by atoms with Crippen LogP contribution in [0.5, 0.6) is 0 Å². The van der Waals surface area contributed by atoms with Crippen molar-refractivity contribution in [2.24, 2.45) is 0 Å². The molecule has 1 unspecified atom stereocenters. The van der Waals surface area contributed by atoms with Crippen LogP contribution < -0.4 is 11.1 Å². The van der Waals surface area contributed by atoms with Crippen LogP contribution in [0.1, 0.15) is 6.92 Å². The second-order valence-corrected chi connectivity index (χ2v) is 4.25. The Bertz CT molecular complexity index is 393. The Morgan fingerprint density at radius 3 is 2.62 bits per heavy atom. The number of nitrogens with one attached hydrogen (secondary N) is 1. The molecule has 0 aromatic heterocycles. The molecule has 4 nitrogen and oxygen atoms in total.